The van der Waals surface area contributed by atoms with E-state index in [1.807, 2.05) is 12.1 Å². The van der Waals surface area contributed by atoms with Crippen LogP contribution in [0, 0.1) is 10.1 Å². The summed E-state index contributed by atoms with van der Waals surface area (Å²) in [6.45, 7) is 0. The van der Waals surface area contributed by atoms with E-state index in [1.165, 1.54) is 12.1 Å². The molecule has 0 aromatic heterocycles. The molecule has 0 unspecified atom stereocenters. The van der Waals surface area contributed by atoms with Crippen molar-refractivity contribution in [2.75, 3.05) is 0 Å². The average Bonchev–Trinajstić information content (AvgIpc) is 2.39. The third kappa shape index (κ3) is 3.16. The molecular weight excluding hydrogens is 244 g/mol. The highest BCUT2D eigenvalue weighted by Crippen LogP contribution is 2.24. The van der Waals surface area contributed by atoms with Crippen molar-refractivity contribution in [3.63, 3.8) is 0 Å². The molecule has 0 aliphatic heterocycles. The van der Waals surface area contributed by atoms with E-state index < -0.39 is 4.92 Å². The van der Waals surface area contributed by atoms with Crippen LogP contribution in [0.1, 0.15) is 5.56 Å². The van der Waals surface area contributed by atoms with Crippen LogP contribution < -0.4 is 5.73 Å². The molecule has 0 saturated heterocycles. The maximum absolute atomic E-state index is 10.8. The number of non-ortho nitro benzene ring substituents is 1. The van der Waals surface area contributed by atoms with Crippen LogP contribution in [0.2, 0.25) is 0 Å². The lowest BCUT2D eigenvalue weighted by Gasteiger charge is -2.03. The lowest BCUT2D eigenvalue weighted by molar-refractivity contribution is -0.384. The van der Waals surface area contributed by atoms with Gasteiger partial charge in [0, 0.05) is 12.1 Å². The highest BCUT2D eigenvalue weighted by molar-refractivity contribution is 5.77. The van der Waals surface area contributed by atoms with Gasteiger partial charge < -0.3 is 5.73 Å². The van der Waals surface area contributed by atoms with Crippen LogP contribution in [0.25, 0.3) is 11.1 Å². The number of nitrogens with two attached hydrogens (primary N) is 1. The molecule has 2 aromatic carbocycles. The Morgan fingerprint density at radius 2 is 1.79 bits per heavy atom. The number of carbonyl (C=O) groups is 1. The largest absolute Gasteiger partial charge is 0.369 e. The summed E-state index contributed by atoms with van der Waals surface area (Å²) in [5, 5.41) is 10.7. The highest BCUT2D eigenvalue weighted by atomic mass is 16.6. The number of primary amides is 1. The van der Waals surface area contributed by atoms with Crippen molar-refractivity contribution in [2.45, 2.75) is 6.42 Å². The van der Waals surface area contributed by atoms with Crippen LogP contribution in [0.3, 0.4) is 0 Å². The molecule has 0 bridgehead atoms. The predicted molar refractivity (Wildman–Crippen MR) is 71.4 cm³/mol. The number of hydrogen-bond donors (Lipinski definition) is 1. The molecule has 0 fully saturated rings. The zero-order valence-corrected chi connectivity index (χ0v) is 10.1. The summed E-state index contributed by atoms with van der Waals surface area (Å²) in [7, 11) is 0. The fourth-order valence-corrected chi connectivity index (χ4v) is 1.82. The number of nitro benzene ring substituents is 1. The Bertz CT molecular complexity index is 621. The molecule has 0 saturated carbocycles. The van der Waals surface area contributed by atoms with E-state index in [1.54, 1.807) is 24.3 Å². The Balaban J connectivity index is 2.29. The van der Waals surface area contributed by atoms with Gasteiger partial charge in [-0.25, -0.2) is 0 Å². The number of amides is 1. The molecule has 0 atom stereocenters. The normalized spacial score (nSPS) is 10.1. The smallest absolute Gasteiger partial charge is 0.270 e. The highest BCUT2D eigenvalue weighted by Gasteiger charge is 2.07. The monoisotopic (exact) mass is 256 g/mol. The van der Waals surface area contributed by atoms with Crippen LogP contribution >= 0.6 is 0 Å². The van der Waals surface area contributed by atoms with Crippen LogP contribution in [-0.4, -0.2) is 10.8 Å². The third-order valence-corrected chi connectivity index (χ3v) is 2.72. The second-order valence-electron chi connectivity index (χ2n) is 4.15. The summed E-state index contributed by atoms with van der Waals surface area (Å²) in [4.78, 5) is 21.1. The summed E-state index contributed by atoms with van der Waals surface area (Å²) in [6, 6.07) is 13.6. The Morgan fingerprint density at radius 3 is 2.37 bits per heavy atom. The third-order valence-electron chi connectivity index (χ3n) is 2.72. The first-order valence-corrected chi connectivity index (χ1v) is 5.68. The van der Waals surface area contributed by atoms with E-state index in [4.69, 9.17) is 5.73 Å². The lowest BCUT2D eigenvalue weighted by atomic mass is 10.0. The van der Waals surface area contributed by atoms with Crippen molar-refractivity contribution >= 4 is 11.6 Å². The Morgan fingerprint density at radius 1 is 1.11 bits per heavy atom. The van der Waals surface area contributed by atoms with Gasteiger partial charge in [0.05, 0.1) is 11.3 Å². The fraction of sp³-hybridized carbons (Fsp3) is 0.0714. The minimum Gasteiger partial charge on any atom is -0.369 e. The van der Waals surface area contributed by atoms with E-state index in [-0.39, 0.29) is 18.0 Å². The van der Waals surface area contributed by atoms with E-state index in [9.17, 15) is 14.9 Å². The van der Waals surface area contributed by atoms with E-state index in [0.29, 0.717) is 0 Å². The van der Waals surface area contributed by atoms with Crippen molar-refractivity contribution in [1.82, 2.24) is 0 Å². The molecule has 19 heavy (non-hydrogen) atoms. The number of hydrogen-bond acceptors (Lipinski definition) is 3. The first-order valence-electron chi connectivity index (χ1n) is 5.68. The van der Waals surface area contributed by atoms with Crippen LogP contribution in [0.5, 0.6) is 0 Å². The van der Waals surface area contributed by atoms with Crippen LogP contribution in [-0.2, 0) is 11.2 Å². The zero-order chi connectivity index (χ0) is 13.8. The average molecular weight is 256 g/mol. The molecule has 0 heterocycles. The maximum atomic E-state index is 10.8. The number of nitro groups is 1. The van der Waals surface area contributed by atoms with Gasteiger partial charge in [-0.3, -0.25) is 14.9 Å². The number of benzene rings is 2. The zero-order valence-electron chi connectivity index (χ0n) is 10.1. The molecular formula is C14H12N2O3. The standard InChI is InChI=1S/C14H12N2O3/c15-14(17)8-10-4-6-11(7-5-10)12-2-1-3-13(9-12)16(18)19/h1-7,9H,8H2,(H2,15,17). The van der Waals surface area contributed by atoms with Crippen molar-refractivity contribution in [3.8, 4) is 11.1 Å². The van der Waals surface area contributed by atoms with Gasteiger partial charge in [-0.15, -0.1) is 0 Å². The molecule has 5 nitrogen and oxygen atoms in total. The van der Waals surface area contributed by atoms with Crippen molar-refractivity contribution in [1.29, 1.82) is 0 Å². The lowest BCUT2D eigenvalue weighted by Crippen LogP contribution is -2.13. The van der Waals surface area contributed by atoms with Gasteiger partial charge in [0.15, 0.2) is 0 Å². The fourth-order valence-electron chi connectivity index (χ4n) is 1.82. The van der Waals surface area contributed by atoms with E-state index in [2.05, 4.69) is 0 Å². The number of carbonyl (C=O) groups excluding carboxylic acids is 1. The van der Waals surface area contributed by atoms with Crippen molar-refractivity contribution in [2.24, 2.45) is 5.73 Å². The summed E-state index contributed by atoms with van der Waals surface area (Å²) in [6.07, 6.45) is 0.190. The first kappa shape index (κ1) is 12.8. The first-order chi connectivity index (χ1) is 9.06. The van der Waals surface area contributed by atoms with Gasteiger partial charge in [-0.1, -0.05) is 36.4 Å². The van der Waals surface area contributed by atoms with Gasteiger partial charge in [-0.2, -0.15) is 0 Å². The minimum atomic E-state index is -0.426. The molecule has 0 radical (unpaired) electrons. The van der Waals surface area contributed by atoms with Crippen LogP contribution in [0.15, 0.2) is 48.5 Å². The van der Waals surface area contributed by atoms with Crippen molar-refractivity contribution in [3.05, 3.63) is 64.2 Å². The topological polar surface area (TPSA) is 86.2 Å². The Hall–Kier alpha value is -2.69. The van der Waals surface area contributed by atoms with Crippen LogP contribution in [0.4, 0.5) is 5.69 Å². The van der Waals surface area contributed by atoms with Gasteiger partial charge in [0.25, 0.3) is 5.69 Å². The Kier molecular flexibility index (Phi) is 3.56. The quantitative estimate of drug-likeness (QED) is 0.672. The summed E-state index contributed by atoms with van der Waals surface area (Å²) >= 11 is 0. The number of rotatable bonds is 4. The predicted octanol–water partition coefficient (Wildman–Crippen LogP) is 2.29. The summed E-state index contributed by atoms with van der Waals surface area (Å²) in [5.41, 5.74) is 7.61. The SMILES string of the molecule is NC(=O)Cc1ccc(-c2cccc([N+](=O)[O-])c2)cc1. The number of nitrogens with zero attached hydrogens (tertiary/aromatic N) is 1. The van der Waals surface area contributed by atoms with E-state index >= 15 is 0 Å². The van der Waals surface area contributed by atoms with Gasteiger partial charge in [0.1, 0.15) is 0 Å². The molecule has 5 heteroatoms. The second-order valence-corrected chi connectivity index (χ2v) is 4.15. The van der Waals surface area contributed by atoms with Gasteiger partial charge in [0.2, 0.25) is 5.91 Å². The molecule has 1 amide bonds. The summed E-state index contributed by atoms with van der Waals surface area (Å²) < 4.78 is 0. The van der Waals surface area contributed by atoms with Gasteiger partial charge in [-0.05, 0) is 16.7 Å². The molecule has 2 N–H and O–H groups in total. The van der Waals surface area contributed by atoms with Crippen molar-refractivity contribution < 1.29 is 9.72 Å². The summed E-state index contributed by atoms with van der Waals surface area (Å²) in [5.74, 6) is -0.386. The minimum absolute atomic E-state index is 0.0544. The molecule has 2 aromatic rings. The Labute approximate surface area is 109 Å². The van der Waals surface area contributed by atoms with Gasteiger partial charge >= 0.3 is 0 Å². The molecule has 96 valence electrons. The molecule has 0 aliphatic carbocycles. The maximum Gasteiger partial charge on any atom is 0.270 e. The molecule has 2 rings (SSSR count). The molecule has 0 aliphatic rings. The second kappa shape index (κ2) is 5.30. The van der Waals surface area contributed by atoms with E-state index in [0.717, 1.165) is 16.7 Å². The molecule has 0 spiro atoms.